The molecule has 1 N–H and O–H groups in total. The van der Waals surface area contributed by atoms with Crippen LogP contribution >= 0.6 is 15.9 Å². The Hall–Kier alpha value is -1.02. The van der Waals surface area contributed by atoms with Crippen LogP contribution in [0.25, 0.3) is 0 Å². The van der Waals surface area contributed by atoms with E-state index in [0.29, 0.717) is 17.3 Å². The van der Waals surface area contributed by atoms with Crippen LogP contribution in [0.5, 0.6) is 0 Å². The van der Waals surface area contributed by atoms with Crippen molar-refractivity contribution in [2.45, 2.75) is 32.9 Å². The van der Waals surface area contributed by atoms with Gasteiger partial charge in [0.15, 0.2) is 0 Å². The van der Waals surface area contributed by atoms with Crippen molar-refractivity contribution in [2.24, 2.45) is 0 Å². The molecule has 0 bridgehead atoms. The molecule has 0 amide bonds. The summed E-state index contributed by atoms with van der Waals surface area (Å²) in [6, 6.07) is 0.438. The summed E-state index contributed by atoms with van der Waals surface area (Å²) in [6.45, 7) is 5.57. The average Bonchev–Trinajstić information content (AvgIpc) is 2.55. The van der Waals surface area contributed by atoms with Gasteiger partial charge in [-0.2, -0.15) is 4.68 Å². The quantitative estimate of drug-likeness (QED) is 0.486. The van der Waals surface area contributed by atoms with Gasteiger partial charge in [0.05, 0.1) is 6.54 Å². The average molecular weight is 292 g/mol. The van der Waals surface area contributed by atoms with Crippen molar-refractivity contribution in [3.8, 4) is 0 Å². The van der Waals surface area contributed by atoms with E-state index in [0.717, 1.165) is 13.0 Å². The lowest BCUT2D eigenvalue weighted by molar-refractivity contribution is -0.394. The summed E-state index contributed by atoms with van der Waals surface area (Å²) in [7, 11) is 0. The molecule has 7 nitrogen and oxygen atoms in total. The first-order valence-corrected chi connectivity index (χ1v) is 5.78. The molecule has 8 heteroatoms. The summed E-state index contributed by atoms with van der Waals surface area (Å²) in [5.74, 6) is -0.372. The van der Waals surface area contributed by atoms with Gasteiger partial charge in [-0.3, -0.25) is 0 Å². The maximum atomic E-state index is 10.4. The van der Waals surface area contributed by atoms with Crippen LogP contribution < -0.4 is 5.32 Å². The van der Waals surface area contributed by atoms with Crippen molar-refractivity contribution in [1.29, 1.82) is 0 Å². The van der Waals surface area contributed by atoms with Crippen LogP contribution in [0.2, 0.25) is 0 Å². The number of nitro groups is 1. The maximum absolute atomic E-state index is 10.4. The van der Waals surface area contributed by atoms with Crippen molar-refractivity contribution < 1.29 is 4.92 Å². The van der Waals surface area contributed by atoms with Crippen LogP contribution in [0.1, 0.15) is 20.3 Å². The zero-order valence-corrected chi connectivity index (χ0v) is 10.8. The third-order valence-electron chi connectivity index (χ3n) is 1.88. The Balaban J connectivity index is 2.45. The Morgan fingerprint density at radius 3 is 2.81 bits per heavy atom. The van der Waals surface area contributed by atoms with Gasteiger partial charge in [0.1, 0.15) is 0 Å². The van der Waals surface area contributed by atoms with Crippen molar-refractivity contribution in [1.82, 2.24) is 20.1 Å². The second-order valence-corrected chi connectivity index (χ2v) is 4.33. The van der Waals surface area contributed by atoms with E-state index >= 15 is 0 Å². The van der Waals surface area contributed by atoms with E-state index in [2.05, 4.69) is 45.2 Å². The van der Waals surface area contributed by atoms with Gasteiger partial charge in [-0.05, 0) is 22.9 Å². The van der Waals surface area contributed by atoms with Crippen LogP contribution in [0, 0.1) is 10.1 Å². The van der Waals surface area contributed by atoms with Gasteiger partial charge in [-0.1, -0.05) is 13.8 Å². The smallest absolute Gasteiger partial charge is 0.390 e. The van der Waals surface area contributed by atoms with Crippen molar-refractivity contribution >= 4 is 21.9 Å². The summed E-state index contributed by atoms with van der Waals surface area (Å²) in [5, 5.41) is 17.4. The highest BCUT2D eigenvalue weighted by molar-refractivity contribution is 9.10. The molecule has 0 aliphatic heterocycles. The Bertz CT molecular complexity index is 365. The number of aromatic nitrogens is 3. The summed E-state index contributed by atoms with van der Waals surface area (Å²) in [5.41, 5.74) is 0. The molecule has 1 aromatic rings. The summed E-state index contributed by atoms with van der Waals surface area (Å²) in [4.78, 5) is 13.5. The molecule has 1 heterocycles. The number of nitrogens with zero attached hydrogens (tertiary/aromatic N) is 4. The number of halogens is 1. The van der Waals surface area contributed by atoms with Crippen LogP contribution in [0.15, 0.2) is 4.73 Å². The van der Waals surface area contributed by atoms with Crippen molar-refractivity contribution in [3.63, 3.8) is 0 Å². The van der Waals surface area contributed by atoms with Gasteiger partial charge < -0.3 is 15.4 Å². The van der Waals surface area contributed by atoms with Crippen LogP contribution in [0.3, 0.4) is 0 Å². The summed E-state index contributed by atoms with van der Waals surface area (Å²) in [6.07, 6.45) is 0.845. The first-order valence-electron chi connectivity index (χ1n) is 4.99. The van der Waals surface area contributed by atoms with E-state index in [-0.39, 0.29) is 5.95 Å². The van der Waals surface area contributed by atoms with Gasteiger partial charge in [0.2, 0.25) is 0 Å². The Labute approximate surface area is 102 Å². The second kappa shape index (κ2) is 5.90. The first-order chi connectivity index (χ1) is 7.50. The van der Waals surface area contributed by atoms with E-state index in [1.807, 2.05) is 0 Å². The zero-order valence-electron chi connectivity index (χ0n) is 9.18. The predicted molar refractivity (Wildman–Crippen MR) is 62.1 cm³/mol. The molecule has 1 rings (SSSR count). The first kappa shape index (κ1) is 13.0. The standard InChI is InChI=1S/C8H14BrN5O2/c1-6(2)10-4-3-5-13-7(9)11-8(12-13)14(15)16/h6,10H,3-5H2,1-2H3. The van der Waals surface area contributed by atoms with E-state index in [1.165, 1.54) is 4.68 Å². The topological polar surface area (TPSA) is 85.9 Å². The predicted octanol–water partition coefficient (Wildman–Crippen LogP) is 1.34. The highest BCUT2D eigenvalue weighted by Crippen LogP contribution is 2.12. The van der Waals surface area contributed by atoms with Gasteiger partial charge in [0.25, 0.3) is 4.73 Å². The molecule has 0 aliphatic carbocycles. The Kier molecular flexibility index (Phi) is 4.81. The van der Waals surface area contributed by atoms with Gasteiger partial charge >= 0.3 is 5.95 Å². The normalized spacial score (nSPS) is 11.0. The Morgan fingerprint density at radius 2 is 2.31 bits per heavy atom. The Morgan fingerprint density at radius 1 is 1.62 bits per heavy atom. The molecule has 0 unspecified atom stereocenters. The molecular weight excluding hydrogens is 278 g/mol. The molecule has 0 aromatic carbocycles. The zero-order chi connectivity index (χ0) is 12.1. The van der Waals surface area contributed by atoms with Crippen LogP contribution in [-0.2, 0) is 6.54 Å². The van der Waals surface area contributed by atoms with Crippen LogP contribution in [0.4, 0.5) is 5.95 Å². The molecule has 0 atom stereocenters. The highest BCUT2D eigenvalue weighted by Gasteiger charge is 2.18. The monoisotopic (exact) mass is 291 g/mol. The number of hydrogen-bond donors (Lipinski definition) is 1. The summed E-state index contributed by atoms with van der Waals surface area (Å²) < 4.78 is 1.88. The van der Waals surface area contributed by atoms with E-state index in [1.54, 1.807) is 0 Å². The SMILES string of the molecule is CC(C)NCCCn1nc([N+](=O)[O-])nc1Br. The lowest BCUT2D eigenvalue weighted by atomic mass is 10.3. The molecule has 1 aromatic heterocycles. The number of aryl methyl sites for hydroxylation is 1. The molecular formula is C8H14BrN5O2. The fraction of sp³-hybridized carbons (Fsp3) is 0.750. The lowest BCUT2D eigenvalue weighted by Gasteiger charge is -2.06. The number of rotatable bonds is 6. The molecule has 0 saturated heterocycles. The van der Waals surface area contributed by atoms with E-state index in [9.17, 15) is 10.1 Å². The lowest BCUT2D eigenvalue weighted by Crippen LogP contribution is -2.24. The molecule has 16 heavy (non-hydrogen) atoms. The fourth-order valence-corrected chi connectivity index (χ4v) is 1.57. The number of nitrogens with one attached hydrogen (secondary N) is 1. The van der Waals surface area contributed by atoms with Gasteiger partial charge in [-0.15, -0.1) is 0 Å². The molecule has 0 aliphatic rings. The second-order valence-electron chi connectivity index (χ2n) is 3.62. The minimum absolute atomic E-state index is 0.372. The molecule has 90 valence electrons. The third-order valence-corrected chi connectivity index (χ3v) is 2.46. The van der Waals surface area contributed by atoms with Crippen LogP contribution in [-0.4, -0.2) is 32.3 Å². The molecule has 0 fully saturated rings. The van der Waals surface area contributed by atoms with Gasteiger partial charge in [0, 0.05) is 27.1 Å². The number of hydrogen-bond acceptors (Lipinski definition) is 5. The third kappa shape index (κ3) is 3.86. The van der Waals surface area contributed by atoms with Crippen molar-refractivity contribution in [3.05, 3.63) is 14.8 Å². The highest BCUT2D eigenvalue weighted by atomic mass is 79.9. The minimum atomic E-state index is -0.604. The molecule has 0 radical (unpaired) electrons. The molecule has 0 saturated carbocycles. The molecule has 0 spiro atoms. The van der Waals surface area contributed by atoms with E-state index in [4.69, 9.17) is 0 Å². The van der Waals surface area contributed by atoms with Gasteiger partial charge in [-0.25, -0.2) is 0 Å². The maximum Gasteiger partial charge on any atom is 0.492 e. The summed E-state index contributed by atoms with van der Waals surface area (Å²) >= 11 is 3.13. The largest absolute Gasteiger partial charge is 0.492 e. The van der Waals surface area contributed by atoms with Crippen molar-refractivity contribution in [2.75, 3.05) is 6.54 Å². The minimum Gasteiger partial charge on any atom is -0.390 e. The fourth-order valence-electron chi connectivity index (χ4n) is 1.15. The van der Waals surface area contributed by atoms with E-state index < -0.39 is 4.92 Å².